The van der Waals surface area contributed by atoms with Crippen LogP contribution < -0.4 is 4.74 Å². The molecule has 0 radical (unpaired) electrons. The third-order valence-electron chi connectivity index (χ3n) is 2.66. The molecule has 0 heterocycles. The Morgan fingerprint density at radius 3 is 2.67 bits per heavy atom. The summed E-state index contributed by atoms with van der Waals surface area (Å²) in [5.74, 6) is 0.0486. The smallest absolute Gasteiger partial charge is 0.346 e. The molecule has 0 saturated carbocycles. The predicted molar refractivity (Wildman–Crippen MR) is 71.1 cm³/mol. The monoisotopic (exact) mass is 264 g/mol. The predicted octanol–water partition coefficient (Wildman–Crippen LogP) is 3.43. The van der Waals surface area contributed by atoms with Gasteiger partial charge in [0.1, 0.15) is 5.75 Å². The van der Waals surface area contributed by atoms with Crippen LogP contribution in [0.2, 0.25) is 5.02 Å². The Bertz CT molecular complexity index is 580. The molecule has 3 nitrogen and oxygen atoms in total. The second-order valence-electron chi connectivity index (χ2n) is 3.88. The molecular formula is C14H13ClO3. The number of benzene rings is 2. The zero-order valence-electron chi connectivity index (χ0n) is 10.1. The third kappa shape index (κ3) is 2.41. The van der Waals surface area contributed by atoms with Gasteiger partial charge in [0, 0.05) is 5.39 Å². The summed E-state index contributed by atoms with van der Waals surface area (Å²) in [7, 11) is 1.32. The minimum absolute atomic E-state index is 0.431. The molecular weight excluding hydrogens is 252 g/mol. The van der Waals surface area contributed by atoms with Gasteiger partial charge in [0.25, 0.3) is 0 Å². The molecule has 0 amide bonds. The maximum atomic E-state index is 11.3. The van der Waals surface area contributed by atoms with Crippen LogP contribution in [0.1, 0.15) is 6.92 Å². The van der Waals surface area contributed by atoms with E-state index in [4.69, 9.17) is 16.3 Å². The molecule has 0 aliphatic heterocycles. The molecule has 0 saturated heterocycles. The van der Waals surface area contributed by atoms with Crippen molar-refractivity contribution in [1.29, 1.82) is 0 Å². The van der Waals surface area contributed by atoms with Crippen LogP contribution in [-0.2, 0) is 9.53 Å². The van der Waals surface area contributed by atoms with E-state index in [1.165, 1.54) is 7.11 Å². The normalized spacial score (nSPS) is 12.2. The summed E-state index contributed by atoms with van der Waals surface area (Å²) in [6.45, 7) is 1.62. The number of methoxy groups -OCH3 is 1. The minimum Gasteiger partial charge on any atom is -0.477 e. The van der Waals surface area contributed by atoms with Gasteiger partial charge >= 0.3 is 5.97 Å². The molecule has 0 N–H and O–H groups in total. The topological polar surface area (TPSA) is 35.5 Å². The summed E-state index contributed by atoms with van der Waals surface area (Å²) in [5.41, 5.74) is 0. The zero-order chi connectivity index (χ0) is 13.1. The fraction of sp³-hybridized carbons (Fsp3) is 0.214. The number of hydrogen-bond donors (Lipinski definition) is 0. The van der Waals surface area contributed by atoms with Gasteiger partial charge in [0.2, 0.25) is 0 Å². The van der Waals surface area contributed by atoms with Crippen molar-refractivity contribution in [2.45, 2.75) is 13.0 Å². The first-order valence-electron chi connectivity index (χ1n) is 5.55. The number of carbonyl (C=O) groups is 1. The number of fused-ring (bicyclic) bond motifs is 1. The number of ether oxygens (including phenoxy) is 2. The Labute approximate surface area is 110 Å². The Kier molecular flexibility index (Phi) is 3.72. The fourth-order valence-electron chi connectivity index (χ4n) is 1.71. The van der Waals surface area contributed by atoms with Crippen LogP contribution in [0.15, 0.2) is 36.4 Å². The molecule has 2 rings (SSSR count). The average molecular weight is 265 g/mol. The van der Waals surface area contributed by atoms with Gasteiger partial charge in [0.05, 0.1) is 12.1 Å². The van der Waals surface area contributed by atoms with E-state index in [1.54, 1.807) is 13.0 Å². The van der Waals surface area contributed by atoms with Gasteiger partial charge in [-0.3, -0.25) is 0 Å². The number of halogens is 1. The van der Waals surface area contributed by atoms with E-state index < -0.39 is 12.1 Å². The van der Waals surface area contributed by atoms with Crippen LogP contribution in [0.4, 0.5) is 0 Å². The highest BCUT2D eigenvalue weighted by atomic mass is 35.5. The molecule has 0 aliphatic rings. The fourth-order valence-corrected chi connectivity index (χ4v) is 1.99. The van der Waals surface area contributed by atoms with E-state index in [-0.39, 0.29) is 0 Å². The maximum Gasteiger partial charge on any atom is 0.346 e. The molecule has 0 spiro atoms. The van der Waals surface area contributed by atoms with Gasteiger partial charge in [-0.2, -0.15) is 0 Å². The number of carbonyl (C=O) groups excluding carboxylic acids is 1. The molecule has 4 heteroatoms. The van der Waals surface area contributed by atoms with E-state index >= 15 is 0 Å². The van der Waals surface area contributed by atoms with Crippen molar-refractivity contribution in [1.82, 2.24) is 0 Å². The molecule has 94 valence electrons. The molecule has 0 aromatic heterocycles. The molecule has 0 unspecified atom stereocenters. The highest BCUT2D eigenvalue weighted by Crippen LogP contribution is 2.33. The van der Waals surface area contributed by atoms with Crippen molar-refractivity contribution in [3.63, 3.8) is 0 Å². The second-order valence-corrected chi connectivity index (χ2v) is 4.26. The maximum absolute atomic E-state index is 11.3. The largest absolute Gasteiger partial charge is 0.477 e. The first-order chi connectivity index (χ1) is 8.63. The van der Waals surface area contributed by atoms with Crippen molar-refractivity contribution < 1.29 is 14.3 Å². The minimum atomic E-state index is -0.686. The summed E-state index contributed by atoms with van der Waals surface area (Å²) in [6, 6.07) is 11.4. The van der Waals surface area contributed by atoms with E-state index in [0.717, 1.165) is 10.8 Å². The molecule has 1 atom stereocenters. The van der Waals surface area contributed by atoms with Gasteiger partial charge in [-0.05, 0) is 18.4 Å². The molecule has 18 heavy (non-hydrogen) atoms. The summed E-state index contributed by atoms with van der Waals surface area (Å²) < 4.78 is 10.1. The zero-order valence-corrected chi connectivity index (χ0v) is 10.9. The average Bonchev–Trinajstić information content (AvgIpc) is 2.41. The van der Waals surface area contributed by atoms with Gasteiger partial charge in [0.15, 0.2) is 6.10 Å². The van der Waals surface area contributed by atoms with E-state index in [2.05, 4.69) is 4.74 Å². The lowest BCUT2D eigenvalue weighted by molar-refractivity contribution is -0.147. The molecule has 0 fully saturated rings. The molecule has 2 aromatic rings. The van der Waals surface area contributed by atoms with Crippen molar-refractivity contribution in [2.24, 2.45) is 0 Å². The first-order valence-corrected chi connectivity index (χ1v) is 5.93. The highest BCUT2D eigenvalue weighted by molar-refractivity contribution is 6.37. The third-order valence-corrected chi connectivity index (χ3v) is 3.05. The summed E-state index contributed by atoms with van der Waals surface area (Å²) in [6.07, 6.45) is -0.686. The highest BCUT2D eigenvalue weighted by Gasteiger charge is 2.17. The molecule has 0 aliphatic carbocycles. The first kappa shape index (κ1) is 12.7. The van der Waals surface area contributed by atoms with Gasteiger partial charge < -0.3 is 9.47 Å². The standard InChI is InChI=1S/C14H13ClO3/c1-9(14(16)17-2)18-12-8-7-10-5-3-4-6-11(10)13(12)15/h3-9H,1-2H3/t9-/m1/s1. The SMILES string of the molecule is COC(=O)[C@@H](C)Oc1ccc2ccccc2c1Cl. The van der Waals surface area contributed by atoms with Crippen LogP contribution >= 0.6 is 11.6 Å². The summed E-state index contributed by atoms with van der Waals surface area (Å²) >= 11 is 6.26. The lowest BCUT2D eigenvalue weighted by atomic mass is 10.1. The summed E-state index contributed by atoms with van der Waals surface area (Å²) in [5, 5.41) is 2.43. The van der Waals surface area contributed by atoms with Crippen LogP contribution in [0.5, 0.6) is 5.75 Å². The molecule has 2 aromatic carbocycles. The Balaban J connectivity index is 2.35. The van der Waals surface area contributed by atoms with Crippen LogP contribution in [0.3, 0.4) is 0 Å². The summed E-state index contributed by atoms with van der Waals surface area (Å²) in [4.78, 5) is 11.3. The van der Waals surface area contributed by atoms with Gasteiger partial charge in [-0.15, -0.1) is 0 Å². The Hall–Kier alpha value is -1.74. The second kappa shape index (κ2) is 5.27. The number of rotatable bonds is 3. The Morgan fingerprint density at radius 1 is 1.22 bits per heavy atom. The van der Waals surface area contributed by atoms with Crippen molar-refractivity contribution >= 4 is 28.3 Å². The van der Waals surface area contributed by atoms with Crippen LogP contribution in [-0.4, -0.2) is 19.2 Å². The van der Waals surface area contributed by atoms with Crippen LogP contribution in [0.25, 0.3) is 10.8 Å². The molecule has 0 bridgehead atoms. The lowest BCUT2D eigenvalue weighted by Gasteiger charge is -2.14. The van der Waals surface area contributed by atoms with Crippen molar-refractivity contribution in [3.8, 4) is 5.75 Å². The van der Waals surface area contributed by atoms with E-state index in [9.17, 15) is 4.79 Å². The lowest BCUT2D eigenvalue weighted by Crippen LogP contribution is -2.25. The van der Waals surface area contributed by atoms with E-state index in [1.807, 2.05) is 30.3 Å². The van der Waals surface area contributed by atoms with Crippen LogP contribution in [0, 0.1) is 0 Å². The quantitative estimate of drug-likeness (QED) is 0.797. The number of esters is 1. The van der Waals surface area contributed by atoms with Crippen molar-refractivity contribution in [3.05, 3.63) is 41.4 Å². The Morgan fingerprint density at radius 2 is 1.94 bits per heavy atom. The van der Waals surface area contributed by atoms with Gasteiger partial charge in [-0.25, -0.2) is 4.79 Å². The van der Waals surface area contributed by atoms with Crippen molar-refractivity contribution in [2.75, 3.05) is 7.11 Å². The van der Waals surface area contributed by atoms with Gasteiger partial charge in [-0.1, -0.05) is 41.9 Å². The van der Waals surface area contributed by atoms with E-state index in [0.29, 0.717) is 10.8 Å². The number of hydrogen-bond acceptors (Lipinski definition) is 3.